The van der Waals surface area contributed by atoms with E-state index in [0.29, 0.717) is 0 Å². The van der Waals surface area contributed by atoms with Crippen molar-refractivity contribution in [1.82, 2.24) is 0 Å². The Morgan fingerprint density at radius 2 is 2.00 bits per heavy atom. The quantitative estimate of drug-likeness (QED) is 0.398. The second kappa shape index (κ2) is 3.43. The van der Waals surface area contributed by atoms with Crippen molar-refractivity contribution in [2.45, 2.75) is 18.4 Å². The summed E-state index contributed by atoms with van der Waals surface area (Å²) in [7, 11) is 0. The van der Waals surface area contributed by atoms with Gasteiger partial charge >= 0.3 is 11.9 Å². The standard InChI is InChI=1S/C9H10O4/c1-2-9(5-6-9)13-8(12)4-3-7(10)11/h2-4H,1,5-6H2,(H,10,11)/b4-3-. The first-order valence-electron chi connectivity index (χ1n) is 3.85. The lowest BCUT2D eigenvalue weighted by Crippen LogP contribution is -2.15. The summed E-state index contributed by atoms with van der Waals surface area (Å²) < 4.78 is 4.94. The highest BCUT2D eigenvalue weighted by Crippen LogP contribution is 2.40. The van der Waals surface area contributed by atoms with Crippen LogP contribution in [-0.2, 0) is 14.3 Å². The van der Waals surface area contributed by atoms with Gasteiger partial charge in [-0.3, -0.25) is 0 Å². The minimum atomic E-state index is -1.17. The molecule has 0 bridgehead atoms. The third-order valence-electron chi connectivity index (χ3n) is 1.78. The van der Waals surface area contributed by atoms with Gasteiger partial charge < -0.3 is 9.84 Å². The Bertz CT molecular complexity index is 273. The Hall–Kier alpha value is -1.58. The highest BCUT2D eigenvalue weighted by Gasteiger charge is 2.43. The van der Waals surface area contributed by atoms with Crippen molar-refractivity contribution in [2.24, 2.45) is 0 Å². The van der Waals surface area contributed by atoms with E-state index in [1.54, 1.807) is 6.08 Å². The fourth-order valence-corrected chi connectivity index (χ4v) is 0.845. The number of carboxylic acids is 1. The molecule has 0 aliphatic heterocycles. The largest absolute Gasteiger partial charge is 0.478 e. The van der Waals surface area contributed by atoms with Crippen molar-refractivity contribution in [3.63, 3.8) is 0 Å². The van der Waals surface area contributed by atoms with E-state index in [1.165, 1.54) is 0 Å². The van der Waals surface area contributed by atoms with Crippen molar-refractivity contribution in [2.75, 3.05) is 0 Å². The van der Waals surface area contributed by atoms with Crippen LogP contribution in [0.4, 0.5) is 0 Å². The SMILES string of the molecule is C=CC1(OC(=O)/C=C\C(=O)O)CC1. The maximum Gasteiger partial charge on any atom is 0.331 e. The summed E-state index contributed by atoms with van der Waals surface area (Å²) in [6, 6.07) is 0. The molecule has 0 amide bonds. The van der Waals surface area contributed by atoms with E-state index in [0.717, 1.165) is 25.0 Å². The average molecular weight is 182 g/mol. The van der Waals surface area contributed by atoms with Crippen molar-refractivity contribution < 1.29 is 19.4 Å². The summed E-state index contributed by atoms with van der Waals surface area (Å²) in [5.74, 6) is -1.81. The zero-order valence-electron chi connectivity index (χ0n) is 7.03. The third-order valence-corrected chi connectivity index (χ3v) is 1.78. The number of carboxylic acid groups (broad SMARTS) is 1. The molecular formula is C9H10O4. The fourth-order valence-electron chi connectivity index (χ4n) is 0.845. The lowest BCUT2D eigenvalue weighted by atomic mass is 10.3. The molecule has 70 valence electrons. The van der Waals surface area contributed by atoms with Gasteiger partial charge in [-0.2, -0.15) is 0 Å². The predicted octanol–water partition coefficient (Wildman–Crippen LogP) is 0.889. The van der Waals surface area contributed by atoms with E-state index in [9.17, 15) is 9.59 Å². The molecule has 1 fully saturated rings. The van der Waals surface area contributed by atoms with Crippen LogP contribution in [0.2, 0.25) is 0 Å². The Morgan fingerprint density at radius 3 is 2.38 bits per heavy atom. The summed E-state index contributed by atoms with van der Waals surface area (Å²) in [5, 5.41) is 8.22. The smallest absolute Gasteiger partial charge is 0.331 e. The summed E-state index contributed by atoms with van der Waals surface area (Å²) in [6.45, 7) is 3.53. The first kappa shape index (κ1) is 9.51. The van der Waals surface area contributed by atoms with Crippen LogP contribution in [-0.4, -0.2) is 22.6 Å². The summed E-state index contributed by atoms with van der Waals surface area (Å²) >= 11 is 0. The van der Waals surface area contributed by atoms with Crippen LogP contribution in [0.15, 0.2) is 24.8 Å². The van der Waals surface area contributed by atoms with Gasteiger partial charge in [0.05, 0.1) is 0 Å². The van der Waals surface area contributed by atoms with Gasteiger partial charge in [-0.15, -0.1) is 0 Å². The lowest BCUT2D eigenvalue weighted by molar-refractivity contribution is -0.143. The van der Waals surface area contributed by atoms with Crippen LogP contribution in [0.25, 0.3) is 0 Å². The monoisotopic (exact) mass is 182 g/mol. The summed E-state index contributed by atoms with van der Waals surface area (Å²) in [5.41, 5.74) is -0.528. The van der Waals surface area contributed by atoms with E-state index in [2.05, 4.69) is 6.58 Å². The van der Waals surface area contributed by atoms with Gasteiger partial charge in [0.2, 0.25) is 0 Å². The molecule has 0 aromatic heterocycles. The molecule has 4 heteroatoms. The molecular weight excluding hydrogens is 172 g/mol. The minimum absolute atomic E-state index is 0.528. The fraction of sp³-hybridized carbons (Fsp3) is 0.333. The van der Waals surface area contributed by atoms with Crippen LogP contribution in [0.1, 0.15) is 12.8 Å². The van der Waals surface area contributed by atoms with E-state index in [4.69, 9.17) is 9.84 Å². The molecule has 0 radical (unpaired) electrons. The van der Waals surface area contributed by atoms with Gasteiger partial charge in [0.25, 0.3) is 0 Å². The highest BCUT2D eigenvalue weighted by atomic mass is 16.6. The van der Waals surface area contributed by atoms with Gasteiger partial charge in [-0.25, -0.2) is 9.59 Å². The molecule has 0 atom stereocenters. The molecule has 1 aliphatic carbocycles. The van der Waals surface area contributed by atoms with Crippen molar-refractivity contribution in [3.05, 3.63) is 24.8 Å². The molecule has 0 heterocycles. The Balaban J connectivity index is 2.42. The summed E-state index contributed by atoms with van der Waals surface area (Å²) in [6.07, 6.45) is 4.75. The van der Waals surface area contributed by atoms with E-state index >= 15 is 0 Å². The van der Waals surface area contributed by atoms with Crippen LogP contribution in [0.5, 0.6) is 0 Å². The molecule has 0 saturated heterocycles. The topological polar surface area (TPSA) is 63.6 Å². The number of carbonyl (C=O) groups is 2. The molecule has 0 unspecified atom stereocenters. The Morgan fingerprint density at radius 1 is 1.38 bits per heavy atom. The van der Waals surface area contributed by atoms with Crippen LogP contribution in [0, 0.1) is 0 Å². The predicted molar refractivity (Wildman–Crippen MR) is 45.0 cm³/mol. The molecule has 4 nitrogen and oxygen atoms in total. The molecule has 0 aromatic rings. The van der Waals surface area contributed by atoms with Gasteiger partial charge in [-0.05, 0) is 18.9 Å². The molecule has 1 aliphatic rings. The highest BCUT2D eigenvalue weighted by molar-refractivity contribution is 5.91. The molecule has 13 heavy (non-hydrogen) atoms. The Labute approximate surface area is 75.5 Å². The number of rotatable bonds is 4. The molecule has 0 spiro atoms. The maximum absolute atomic E-state index is 10.9. The van der Waals surface area contributed by atoms with E-state index < -0.39 is 17.5 Å². The van der Waals surface area contributed by atoms with E-state index in [1.807, 2.05) is 0 Å². The maximum atomic E-state index is 10.9. The second-order valence-corrected chi connectivity index (χ2v) is 2.86. The molecule has 1 N–H and O–H groups in total. The van der Waals surface area contributed by atoms with Crippen LogP contribution < -0.4 is 0 Å². The van der Waals surface area contributed by atoms with Gasteiger partial charge in [-0.1, -0.05) is 6.58 Å². The Kier molecular flexibility index (Phi) is 2.51. The number of hydrogen-bond acceptors (Lipinski definition) is 3. The van der Waals surface area contributed by atoms with Crippen LogP contribution in [0.3, 0.4) is 0 Å². The van der Waals surface area contributed by atoms with Gasteiger partial charge in [0.1, 0.15) is 5.60 Å². The first-order chi connectivity index (χ1) is 6.08. The minimum Gasteiger partial charge on any atom is -0.478 e. The molecule has 1 rings (SSSR count). The number of carbonyl (C=O) groups excluding carboxylic acids is 1. The average Bonchev–Trinajstić information content (AvgIpc) is 2.82. The number of ether oxygens (including phenoxy) is 1. The normalized spacial score (nSPS) is 18.2. The van der Waals surface area contributed by atoms with Crippen molar-refractivity contribution in [3.8, 4) is 0 Å². The molecule has 0 aromatic carbocycles. The lowest BCUT2D eigenvalue weighted by Gasteiger charge is -2.08. The van der Waals surface area contributed by atoms with Gasteiger partial charge in [0.15, 0.2) is 0 Å². The summed E-state index contributed by atoms with van der Waals surface area (Å²) in [4.78, 5) is 21.0. The van der Waals surface area contributed by atoms with Crippen molar-refractivity contribution >= 4 is 11.9 Å². The van der Waals surface area contributed by atoms with Crippen LogP contribution >= 0.6 is 0 Å². The second-order valence-electron chi connectivity index (χ2n) is 2.86. The zero-order valence-corrected chi connectivity index (χ0v) is 7.03. The number of esters is 1. The number of aliphatic carboxylic acids is 1. The third kappa shape index (κ3) is 2.74. The van der Waals surface area contributed by atoms with Gasteiger partial charge in [0, 0.05) is 12.2 Å². The van der Waals surface area contributed by atoms with Crippen molar-refractivity contribution in [1.29, 1.82) is 0 Å². The zero-order chi connectivity index (χ0) is 9.90. The number of hydrogen-bond donors (Lipinski definition) is 1. The molecule has 1 saturated carbocycles. The first-order valence-corrected chi connectivity index (χ1v) is 3.85. The van der Waals surface area contributed by atoms with E-state index in [-0.39, 0.29) is 0 Å².